The molecule has 4 nitrogen and oxygen atoms in total. The quantitative estimate of drug-likeness (QED) is 0.198. The Bertz CT molecular complexity index is 315. The van der Waals surface area contributed by atoms with E-state index in [4.69, 9.17) is 9.47 Å². The lowest BCUT2D eigenvalue weighted by atomic mass is 10.1. The molecule has 0 aliphatic carbocycles. The Morgan fingerprint density at radius 2 is 0.958 bits per heavy atom. The molecule has 0 rings (SSSR count). The lowest BCUT2D eigenvalue weighted by Crippen LogP contribution is -2.21. The largest absolute Gasteiger partial charge is 0.425 e. The minimum absolute atomic E-state index is 0.271. The van der Waals surface area contributed by atoms with Crippen LogP contribution in [0.25, 0.3) is 0 Å². The lowest BCUT2D eigenvalue weighted by Gasteiger charge is -2.14. The molecule has 0 spiro atoms. The predicted molar refractivity (Wildman–Crippen MR) is 97.6 cm³/mol. The Morgan fingerprint density at radius 3 is 1.33 bits per heavy atom. The van der Waals surface area contributed by atoms with Gasteiger partial charge in [-0.3, -0.25) is 9.59 Å². The van der Waals surface area contributed by atoms with E-state index in [0.29, 0.717) is 12.8 Å². The fourth-order valence-electron chi connectivity index (χ4n) is 2.61. The van der Waals surface area contributed by atoms with Gasteiger partial charge in [0.25, 0.3) is 0 Å². The standard InChI is InChI=1S/C20H38O4/c1-4-6-8-10-11-13-15-17-20(22)24-18(3)23-19(21)16-14-12-9-7-5-2/h18H,4-17H2,1-3H3. The molecule has 4 heteroatoms. The first-order valence-corrected chi connectivity index (χ1v) is 9.99. The summed E-state index contributed by atoms with van der Waals surface area (Å²) in [4.78, 5) is 23.3. The molecule has 0 aromatic heterocycles. The normalized spacial score (nSPS) is 12.0. The summed E-state index contributed by atoms with van der Waals surface area (Å²) in [6, 6.07) is 0. The molecule has 0 amide bonds. The topological polar surface area (TPSA) is 52.6 Å². The fraction of sp³-hybridized carbons (Fsp3) is 0.900. The summed E-state index contributed by atoms with van der Waals surface area (Å²) in [6.07, 6.45) is 13.7. The average Bonchev–Trinajstić information content (AvgIpc) is 2.53. The summed E-state index contributed by atoms with van der Waals surface area (Å²) < 4.78 is 10.2. The van der Waals surface area contributed by atoms with E-state index in [1.54, 1.807) is 6.92 Å². The third-order valence-electron chi connectivity index (χ3n) is 4.06. The average molecular weight is 343 g/mol. The third-order valence-corrected chi connectivity index (χ3v) is 4.06. The van der Waals surface area contributed by atoms with Crippen LogP contribution in [0.5, 0.6) is 0 Å². The van der Waals surface area contributed by atoms with Gasteiger partial charge < -0.3 is 9.47 Å². The first-order valence-electron chi connectivity index (χ1n) is 9.99. The Hall–Kier alpha value is -1.06. The number of rotatable bonds is 16. The van der Waals surface area contributed by atoms with E-state index in [2.05, 4.69) is 13.8 Å². The molecule has 0 aromatic carbocycles. The molecule has 0 saturated carbocycles. The highest BCUT2D eigenvalue weighted by Gasteiger charge is 2.13. The van der Waals surface area contributed by atoms with Gasteiger partial charge in [0.15, 0.2) is 0 Å². The van der Waals surface area contributed by atoms with Gasteiger partial charge >= 0.3 is 11.9 Å². The van der Waals surface area contributed by atoms with Crippen LogP contribution in [-0.4, -0.2) is 18.2 Å². The first-order chi connectivity index (χ1) is 11.6. The molecular formula is C20H38O4. The summed E-state index contributed by atoms with van der Waals surface area (Å²) in [5.74, 6) is -0.547. The SMILES string of the molecule is CCCCCCCCCC(=O)OC(C)OC(=O)CCCCCCC. The molecule has 0 aliphatic heterocycles. The number of unbranched alkanes of at least 4 members (excludes halogenated alkanes) is 10. The van der Waals surface area contributed by atoms with Crippen LogP contribution in [0.2, 0.25) is 0 Å². The summed E-state index contributed by atoms with van der Waals surface area (Å²) in [6.45, 7) is 5.98. The first kappa shape index (κ1) is 22.9. The Labute approximate surface area is 148 Å². The van der Waals surface area contributed by atoms with Gasteiger partial charge in [-0.2, -0.15) is 0 Å². The van der Waals surface area contributed by atoms with Crippen LogP contribution in [0.3, 0.4) is 0 Å². The van der Waals surface area contributed by atoms with Crippen LogP contribution >= 0.6 is 0 Å². The number of carbonyl (C=O) groups is 2. The van der Waals surface area contributed by atoms with Gasteiger partial charge in [-0.15, -0.1) is 0 Å². The summed E-state index contributed by atoms with van der Waals surface area (Å²) in [5.41, 5.74) is 0. The van der Waals surface area contributed by atoms with E-state index >= 15 is 0 Å². The molecule has 0 aliphatic rings. The van der Waals surface area contributed by atoms with E-state index in [9.17, 15) is 9.59 Å². The molecule has 0 radical (unpaired) electrons. The summed E-state index contributed by atoms with van der Waals surface area (Å²) >= 11 is 0. The van der Waals surface area contributed by atoms with Crippen molar-refractivity contribution in [3.8, 4) is 0 Å². The highest BCUT2D eigenvalue weighted by atomic mass is 16.7. The zero-order valence-corrected chi connectivity index (χ0v) is 16.1. The second kappa shape index (κ2) is 16.8. The molecule has 0 N–H and O–H groups in total. The van der Waals surface area contributed by atoms with Gasteiger partial charge in [0.1, 0.15) is 0 Å². The van der Waals surface area contributed by atoms with Crippen molar-refractivity contribution in [2.75, 3.05) is 0 Å². The molecule has 0 saturated heterocycles. The van der Waals surface area contributed by atoms with Crippen molar-refractivity contribution in [2.45, 2.75) is 117 Å². The van der Waals surface area contributed by atoms with Gasteiger partial charge in [-0.05, 0) is 12.8 Å². The lowest BCUT2D eigenvalue weighted by molar-refractivity contribution is -0.184. The summed E-state index contributed by atoms with van der Waals surface area (Å²) in [5, 5.41) is 0. The van der Waals surface area contributed by atoms with Crippen molar-refractivity contribution in [1.82, 2.24) is 0 Å². The summed E-state index contributed by atoms with van der Waals surface area (Å²) in [7, 11) is 0. The Balaban J connectivity index is 3.55. The number of carbonyl (C=O) groups excluding carboxylic acids is 2. The Morgan fingerprint density at radius 1 is 0.625 bits per heavy atom. The Kier molecular flexibility index (Phi) is 16.0. The van der Waals surface area contributed by atoms with Crippen molar-refractivity contribution in [1.29, 1.82) is 0 Å². The number of ether oxygens (including phenoxy) is 2. The van der Waals surface area contributed by atoms with Gasteiger partial charge in [0.2, 0.25) is 6.29 Å². The van der Waals surface area contributed by atoms with Crippen molar-refractivity contribution in [3.63, 3.8) is 0 Å². The highest BCUT2D eigenvalue weighted by molar-refractivity contribution is 5.71. The number of hydrogen-bond donors (Lipinski definition) is 0. The van der Waals surface area contributed by atoms with Crippen molar-refractivity contribution in [2.24, 2.45) is 0 Å². The van der Waals surface area contributed by atoms with E-state index < -0.39 is 6.29 Å². The van der Waals surface area contributed by atoms with Gasteiger partial charge in [-0.1, -0.05) is 78.1 Å². The van der Waals surface area contributed by atoms with Crippen molar-refractivity contribution in [3.05, 3.63) is 0 Å². The van der Waals surface area contributed by atoms with Crippen LogP contribution in [0.15, 0.2) is 0 Å². The molecule has 0 fully saturated rings. The molecule has 0 heterocycles. The van der Waals surface area contributed by atoms with Crippen LogP contribution < -0.4 is 0 Å². The van der Waals surface area contributed by atoms with E-state index in [0.717, 1.165) is 32.1 Å². The molecule has 1 unspecified atom stereocenters. The maximum absolute atomic E-state index is 11.7. The van der Waals surface area contributed by atoms with Crippen LogP contribution in [0.1, 0.15) is 111 Å². The maximum Gasteiger partial charge on any atom is 0.308 e. The molecule has 142 valence electrons. The van der Waals surface area contributed by atoms with Crippen LogP contribution in [0.4, 0.5) is 0 Å². The highest BCUT2D eigenvalue weighted by Crippen LogP contribution is 2.10. The third kappa shape index (κ3) is 15.8. The number of esters is 2. The second-order valence-electron chi connectivity index (χ2n) is 6.58. The molecule has 0 bridgehead atoms. The van der Waals surface area contributed by atoms with Crippen molar-refractivity contribution < 1.29 is 19.1 Å². The molecule has 1 atom stereocenters. The predicted octanol–water partition coefficient (Wildman–Crippen LogP) is 5.92. The van der Waals surface area contributed by atoms with Crippen LogP contribution in [-0.2, 0) is 19.1 Å². The number of hydrogen-bond acceptors (Lipinski definition) is 4. The van der Waals surface area contributed by atoms with E-state index in [-0.39, 0.29) is 11.9 Å². The smallest absolute Gasteiger partial charge is 0.308 e. The minimum atomic E-state index is -0.773. The van der Waals surface area contributed by atoms with Gasteiger partial charge in [-0.25, -0.2) is 0 Å². The van der Waals surface area contributed by atoms with E-state index in [1.165, 1.54) is 44.9 Å². The van der Waals surface area contributed by atoms with E-state index in [1.807, 2.05) is 0 Å². The second-order valence-corrected chi connectivity index (χ2v) is 6.58. The monoisotopic (exact) mass is 342 g/mol. The van der Waals surface area contributed by atoms with Crippen molar-refractivity contribution >= 4 is 11.9 Å². The zero-order chi connectivity index (χ0) is 18.0. The van der Waals surface area contributed by atoms with Gasteiger partial charge in [0.05, 0.1) is 0 Å². The minimum Gasteiger partial charge on any atom is -0.425 e. The zero-order valence-electron chi connectivity index (χ0n) is 16.1. The van der Waals surface area contributed by atoms with Gasteiger partial charge in [0, 0.05) is 19.8 Å². The molecule has 0 aromatic rings. The van der Waals surface area contributed by atoms with Crippen LogP contribution in [0, 0.1) is 0 Å². The molecule has 24 heavy (non-hydrogen) atoms. The maximum atomic E-state index is 11.7. The molecular weight excluding hydrogens is 304 g/mol. The fourth-order valence-corrected chi connectivity index (χ4v) is 2.61.